The van der Waals surface area contributed by atoms with Crippen LogP contribution in [-0.4, -0.2) is 0 Å². The molecule has 12 rings (SSSR count). The minimum absolute atomic E-state index is 0.0264. The summed E-state index contributed by atoms with van der Waals surface area (Å²) in [6.45, 7) is 4.70. The Morgan fingerprint density at radius 1 is 0.219 bits per heavy atom. The van der Waals surface area contributed by atoms with E-state index in [0.29, 0.717) is 0 Å². The summed E-state index contributed by atoms with van der Waals surface area (Å²) < 4.78 is 0. The predicted octanol–water partition coefficient (Wildman–Crippen LogP) is 16.7. The molecule has 0 bridgehead atoms. The molecule has 0 nitrogen and oxygen atoms in total. The maximum Gasteiger partial charge on any atom is 0.0713 e. The first-order chi connectivity index (χ1) is 31.5. The van der Waals surface area contributed by atoms with Gasteiger partial charge in [0.1, 0.15) is 0 Å². The Morgan fingerprint density at radius 3 is 1.03 bits per heavy atom. The van der Waals surface area contributed by atoms with Gasteiger partial charge in [-0.3, -0.25) is 0 Å². The van der Waals surface area contributed by atoms with E-state index in [0.717, 1.165) is 0 Å². The first-order valence-corrected chi connectivity index (χ1v) is 22.5. The Bertz CT molecular complexity index is 3350. The minimum atomic E-state index is -0.425. The average Bonchev–Trinajstić information content (AvgIpc) is 3.79. The molecule has 0 atom stereocenters. The van der Waals surface area contributed by atoms with Crippen molar-refractivity contribution in [2.45, 2.75) is 24.7 Å². The average molecular weight is 815 g/mol. The van der Waals surface area contributed by atoms with Gasteiger partial charge in [0.2, 0.25) is 0 Å². The zero-order valence-electron chi connectivity index (χ0n) is 36.1. The van der Waals surface area contributed by atoms with Crippen LogP contribution in [0.4, 0.5) is 0 Å². The summed E-state index contributed by atoms with van der Waals surface area (Å²) in [7, 11) is 0. The normalized spacial score (nSPS) is 13.7. The van der Waals surface area contributed by atoms with E-state index >= 15 is 0 Å². The van der Waals surface area contributed by atoms with Gasteiger partial charge in [0.05, 0.1) is 5.41 Å². The van der Waals surface area contributed by atoms with Gasteiger partial charge in [-0.05, 0) is 142 Å². The monoisotopic (exact) mass is 814 g/mol. The summed E-state index contributed by atoms with van der Waals surface area (Å²) in [6.07, 6.45) is 0. The molecule has 0 fully saturated rings. The van der Waals surface area contributed by atoms with Crippen molar-refractivity contribution in [3.63, 3.8) is 0 Å². The van der Waals surface area contributed by atoms with Gasteiger partial charge in [0.15, 0.2) is 0 Å². The standard InChI is InChI=1S/C64H46/c1-63(2)59-28-11-9-26-55(59)57-36-34-51(41-61(57)63)50-21-15-19-48(40-50)47-18-13-16-45(38-47)43-30-32-44(33-31-43)46-17-14-20-49(39-46)52-35-37-58-56-27-10-12-29-60(56)64(62(58)42-52,53-22-5-3-6-23-53)54-24-7-4-8-25-54/h3-42H,1-2H3. The predicted molar refractivity (Wildman–Crippen MR) is 268 cm³/mol. The van der Waals surface area contributed by atoms with E-state index in [9.17, 15) is 0 Å². The Kier molecular flexibility index (Phi) is 8.85. The molecule has 0 heterocycles. The van der Waals surface area contributed by atoms with Crippen molar-refractivity contribution in [1.82, 2.24) is 0 Å². The lowest BCUT2D eigenvalue weighted by Gasteiger charge is -2.34. The van der Waals surface area contributed by atoms with Gasteiger partial charge >= 0.3 is 0 Å². The van der Waals surface area contributed by atoms with E-state index in [1.807, 2.05) is 0 Å². The highest BCUT2D eigenvalue weighted by atomic mass is 14.5. The molecule has 0 radical (unpaired) electrons. The van der Waals surface area contributed by atoms with E-state index in [2.05, 4.69) is 257 Å². The van der Waals surface area contributed by atoms with Crippen LogP contribution in [0, 0.1) is 0 Å². The molecule has 0 saturated heterocycles. The molecule has 0 amide bonds. The lowest BCUT2D eigenvalue weighted by Crippen LogP contribution is -2.28. The maximum atomic E-state index is 2.45. The Balaban J connectivity index is 0.846. The quantitative estimate of drug-likeness (QED) is 0.150. The third-order valence-electron chi connectivity index (χ3n) is 14.2. The van der Waals surface area contributed by atoms with E-state index in [4.69, 9.17) is 0 Å². The molecule has 0 saturated carbocycles. The van der Waals surface area contributed by atoms with Crippen LogP contribution in [0.1, 0.15) is 47.2 Å². The van der Waals surface area contributed by atoms with Crippen LogP contribution in [-0.2, 0) is 10.8 Å². The number of fused-ring (bicyclic) bond motifs is 6. The molecule has 0 aliphatic heterocycles. The molecule has 0 aromatic heterocycles. The van der Waals surface area contributed by atoms with E-state index in [1.54, 1.807) is 0 Å². The van der Waals surface area contributed by atoms with Gasteiger partial charge < -0.3 is 0 Å². The molecule has 2 aliphatic rings. The van der Waals surface area contributed by atoms with Crippen LogP contribution in [0.2, 0.25) is 0 Å². The van der Waals surface area contributed by atoms with Gasteiger partial charge in [-0.1, -0.05) is 226 Å². The topological polar surface area (TPSA) is 0 Å². The fourth-order valence-corrected chi connectivity index (χ4v) is 11.0. The van der Waals surface area contributed by atoms with Crippen LogP contribution in [0.3, 0.4) is 0 Å². The minimum Gasteiger partial charge on any atom is -0.0622 e. The van der Waals surface area contributed by atoms with Gasteiger partial charge in [-0.15, -0.1) is 0 Å². The third-order valence-corrected chi connectivity index (χ3v) is 14.2. The molecule has 10 aromatic carbocycles. The van der Waals surface area contributed by atoms with Crippen LogP contribution >= 0.6 is 0 Å². The summed E-state index contributed by atoms with van der Waals surface area (Å²) >= 11 is 0. The Labute approximate surface area is 376 Å². The second-order valence-electron chi connectivity index (χ2n) is 18.0. The van der Waals surface area contributed by atoms with E-state index in [1.165, 1.54) is 111 Å². The fraction of sp³-hybridized carbons (Fsp3) is 0.0625. The zero-order valence-corrected chi connectivity index (χ0v) is 36.1. The van der Waals surface area contributed by atoms with Crippen molar-refractivity contribution in [2.75, 3.05) is 0 Å². The number of hydrogen-bond donors (Lipinski definition) is 0. The van der Waals surface area contributed by atoms with Crippen molar-refractivity contribution >= 4 is 0 Å². The van der Waals surface area contributed by atoms with Crippen LogP contribution in [0.5, 0.6) is 0 Å². The molecule has 302 valence electrons. The fourth-order valence-electron chi connectivity index (χ4n) is 11.0. The number of rotatable bonds is 7. The lowest BCUT2D eigenvalue weighted by molar-refractivity contribution is 0.660. The van der Waals surface area contributed by atoms with Gasteiger partial charge in [-0.2, -0.15) is 0 Å². The van der Waals surface area contributed by atoms with Crippen LogP contribution in [0.25, 0.3) is 77.9 Å². The summed E-state index contributed by atoms with van der Waals surface area (Å²) in [5, 5.41) is 0. The van der Waals surface area contributed by atoms with Crippen molar-refractivity contribution in [1.29, 1.82) is 0 Å². The largest absolute Gasteiger partial charge is 0.0713 e. The first kappa shape index (κ1) is 37.9. The third kappa shape index (κ3) is 5.98. The molecule has 64 heavy (non-hydrogen) atoms. The Hall–Kier alpha value is -7.80. The molecule has 0 spiro atoms. The van der Waals surface area contributed by atoms with Crippen LogP contribution < -0.4 is 0 Å². The zero-order chi connectivity index (χ0) is 42.8. The highest BCUT2D eigenvalue weighted by molar-refractivity contribution is 5.89. The lowest BCUT2D eigenvalue weighted by atomic mass is 9.67. The smallest absolute Gasteiger partial charge is 0.0622 e. The molecule has 0 heteroatoms. The molecule has 2 aliphatic carbocycles. The van der Waals surface area contributed by atoms with Crippen LogP contribution in [0.15, 0.2) is 243 Å². The van der Waals surface area contributed by atoms with E-state index < -0.39 is 5.41 Å². The number of benzene rings is 10. The maximum absolute atomic E-state index is 2.45. The van der Waals surface area contributed by atoms with Crippen molar-refractivity contribution in [3.05, 3.63) is 276 Å². The van der Waals surface area contributed by atoms with E-state index in [-0.39, 0.29) is 5.41 Å². The summed E-state index contributed by atoms with van der Waals surface area (Å²) in [5.74, 6) is 0. The molecule has 10 aromatic rings. The molecular weight excluding hydrogens is 769 g/mol. The SMILES string of the molecule is CC1(C)c2ccccc2-c2ccc(-c3cccc(-c4cccc(-c5ccc(-c6cccc(-c7ccc8c(c7)C(c7ccccc7)(c7ccccc7)c7ccccc7-8)c6)cc5)c4)c3)cc21. The van der Waals surface area contributed by atoms with Crippen molar-refractivity contribution < 1.29 is 0 Å². The molecule has 0 unspecified atom stereocenters. The van der Waals surface area contributed by atoms with Gasteiger partial charge in [-0.25, -0.2) is 0 Å². The number of hydrogen-bond acceptors (Lipinski definition) is 0. The van der Waals surface area contributed by atoms with Gasteiger partial charge in [0, 0.05) is 5.41 Å². The Morgan fingerprint density at radius 2 is 0.547 bits per heavy atom. The summed E-state index contributed by atoms with van der Waals surface area (Å²) in [6, 6.07) is 90.1. The van der Waals surface area contributed by atoms with Gasteiger partial charge in [0.25, 0.3) is 0 Å². The summed E-state index contributed by atoms with van der Waals surface area (Å²) in [5.41, 5.74) is 25.0. The first-order valence-electron chi connectivity index (χ1n) is 22.5. The highest BCUT2D eigenvalue weighted by Gasteiger charge is 2.46. The molecular formula is C64H46. The molecule has 0 N–H and O–H groups in total. The second kappa shape index (κ2) is 14.9. The van der Waals surface area contributed by atoms with Crippen molar-refractivity contribution in [2.24, 2.45) is 0 Å². The highest BCUT2D eigenvalue weighted by Crippen LogP contribution is 2.57. The summed E-state index contributed by atoms with van der Waals surface area (Å²) in [4.78, 5) is 0. The second-order valence-corrected chi connectivity index (χ2v) is 18.0. The van der Waals surface area contributed by atoms with Crippen molar-refractivity contribution in [3.8, 4) is 77.9 Å².